The van der Waals surface area contributed by atoms with Gasteiger partial charge in [-0.05, 0) is 68.5 Å². The molecule has 0 atom stereocenters. The quantitative estimate of drug-likeness (QED) is 0.213. The summed E-state index contributed by atoms with van der Waals surface area (Å²) in [5, 5.41) is 4.18. The van der Waals surface area contributed by atoms with Crippen LogP contribution in [0.5, 0.6) is 0 Å². The Morgan fingerprint density at radius 3 is 2.15 bits per heavy atom. The summed E-state index contributed by atoms with van der Waals surface area (Å²) in [5.74, 6) is -1.05. The lowest BCUT2D eigenvalue weighted by Crippen LogP contribution is -2.39. The zero-order valence-corrected chi connectivity index (χ0v) is 25.2. The van der Waals surface area contributed by atoms with E-state index in [0.29, 0.717) is 29.3 Å². The van der Waals surface area contributed by atoms with Crippen molar-refractivity contribution in [3.8, 4) is 0 Å². The smallest absolute Gasteiger partial charge is 0.327 e. The number of amides is 1. The third-order valence-electron chi connectivity index (χ3n) is 6.07. The standard InChI is InChI=1S/C31H30Cl2N2O5S/c1-31(2,3)40-29(36)20-35(41(38,39)24-18-22(32)17-23(33)19-24)28-14-8-11-25-26(28)12-7-13-27(25)30(37)34-16-15-21-9-5-4-6-10-21/h4-14,17-19H,15-16,20H2,1-3H3,(H,34,37). The maximum atomic E-state index is 14.0. The molecule has 0 spiro atoms. The van der Waals surface area contributed by atoms with E-state index in [4.69, 9.17) is 27.9 Å². The van der Waals surface area contributed by atoms with Gasteiger partial charge in [0.25, 0.3) is 15.9 Å². The molecule has 1 amide bonds. The molecular weight excluding hydrogens is 583 g/mol. The van der Waals surface area contributed by atoms with E-state index in [1.165, 1.54) is 18.2 Å². The summed E-state index contributed by atoms with van der Waals surface area (Å²) in [6.07, 6.45) is 0.659. The number of hydrogen-bond donors (Lipinski definition) is 1. The molecule has 0 aromatic heterocycles. The second kappa shape index (κ2) is 12.5. The summed E-state index contributed by atoms with van der Waals surface area (Å²) in [5.41, 5.74) is 0.827. The van der Waals surface area contributed by atoms with Gasteiger partial charge in [0.1, 0.15) is 12.1 Å². The molecule has 0 bridgehead atoms. The molecule has 1 N–H and O–H groups in total. The lowest BCUT2D eigenvalue weighted by atomic mass is 10.0. The second-order valence-electron chi connectivity index (χ2n) is 10.4. The number of carbonyl (C=O) groups is 2. The Hall–Kier alpha value is -3.59. The van der Waals surface area contributed by atoms with Crippen LogP contribution in [0.4, 0.5) is 5.69 Å². The number of rotatable bonds is 9. The van der Waals surface area contributed by atoms with Crippen molar-refractivity contribution in [3.63, 3.8) is 0 Å². The summed E-state index contributed by atoms with van der Waals surface area (Å²) in [4.78, 5) is 26.0. The highest BCUT2D eigenvalue weighted by molar-refractivity contribution is 7.93. The molecule has 0 saturated carbocycles. The molecule has 7 nitrogen and oxygen atoms in total. The Balaban J connectivity index is 1.75. The monoisotopic (exact) mass is 612 g/mol. The van der Waals surface area contributed by atoms with Crippen molar-refractivity contribution in [3.05, 3.63) is 106 Å². The van der Waals surface area contributed by atoms with Gasteiger partial charge in [0.2, 0.25) is 0 Å². The molecule has 4 aromatic carbocycles. The minimum absolute atomic E-state index is 0.126. The van der Waals surface area contributed by atoms with Gasteiger partial charge in [0.15, 0.2) is 0 Å². The number of ether oxygens (including phenoxy) is 1. The van der Waals surface area contributed by atoms with Crippen molar-refractivity contribution >= 4 is 61.6 Å². The van der Waals surface area contributed by atoms with Crippen molar-refractivity contribution in [1.82, 2.24) is 5.32 Å². The van der Waals surface area contributed by atoms with E-state index in [9.17, 15) is 18.0 Å². The van der Waals surface area contributed by atoms with E-state index < -0.39 is 28.1 Å². The molecule has 214 valence electrons. The van der Waals surface area contributed by atoms with Crippen molar-refractivity contribution in [2.45, 2.75) is 37.7 Å². The van der Waals surface area contributed by atoms with Crippen molar-refractivity contribution in [2.75, 3.05) is 17.4 Å². The van der Waals surface area contributed by atoms with Crippen LogP contribution in [-0.4, -0.2) is 39.0 Å². The fraction of sp³-hybridized carbons (Fsp3) is 0.226. The zero-order valence-electron chi connectivity index (χ0n) is 22.9. The first-order chi connectivity index (χ1) is 19.3. The highest BCUT2D eigenvalue weighted by Crippen LogP contribution is 2.34. The molecule has 4 rings (SSSR count). The summed E-state index contributed by atoms with van der Waals surface area (Å²) < 4.78 is 34.4. The van der Waals surface area contributed by atoms with E-state index in [2.05, 4.69) is 5.32 Å². The van der Waals surface area contributed by atoms with Crippen LogP contribution in [-0.2, 0) is 26.0 Å². The lowest BCUT2D eigenvalue weighted by molar-refractivity contribution is -0.152. The highest BCUT2D eigenvalue weighted by Gasteiger charge is 2.31. The minimum atomic E-state index is -4.36. The van der Waals surface area contributed by atoms with Gasteiger partial charge < -0.3 is 10.1 Å². The van der Waals surface area contributed by atoms with E-state index in [-0.39, 0.29) is 26.5 Å². The summed E-state index contributed by atoms with van der Waals surface area (Å²) in [6, 6.07) is 23.7. The minimum Gasteiger partial charge on any atom is -0.459 e. The van der Waals surface area contributed by atoms with E-state index >= 15 is 0 Å². The maximum Gasteiger partial charge on any atom is 0.327 e. The van der Waals surface area contributed by atoms with Crippen LogP contribution in [0.3, 0.4) is 0 Å². The van der Waals surface area contributed by atoms with Crippen LogP contribution in [0.25, 0.3) is 10.8 Å². The number of hydrogen-bond acceptors (Lipinski definition) is 5. The van der Waals surface area contributed by atoms with Crippen molar-refractivity contribution in [1.29, 1.82) is 0 Å². The number of fused-ring (bicyclic) bond motifs is 1. The summed E-state index contributed by atoms with van der Waals surface area (Å²) in [6.45, 7) is 4.90. The Morgan fingerprint density at radius 2 is 1.49 bits per heavy atom. The Bertz CT molecular complexity index is 1670. The SMILES string of the molecule is CC(C)(C)OC(=O)CN(c1cccc2c(C(=O)NCCc3ccccc3)cccc12)S(=O)(=O)c1cc(Cl)cc(Cl)c1. The largest absolute Gasteiger partial charge is 0.459 e. The van der Waals surface area contributed by atoms with Crippen LogP contribution in [0.1, 0.15) is 36.7 Å². The van der Waals surface area contributed by atoms with Gasteiger partial charge in [-0.1, -0.05) is 77.8 Å². The molecule has 0 saturated heterocycles. The predicted molar refractivity (Wildman–Crippen MR) is 163 cm³/mol. The van der Waals surface area contributed by atoms with Crippen LogP contribution in [0.15, 0.2) is 89.8 Å². The lowest BCUT2D eigenvalue weighted by Gasteiger charge is -2.27. The Labute approximate surface area is 250 Å². The van der Waals surface area contributed by atoms with Gasteiger partial charge in [-0.15, -0.1) is 0 Å². The first-order valence-corrected chi connectivity index (χ1v) is 15.1. The fourth-order valence-electron chi connectivity index (χ4n) is 4.36. The number of carbonyl (C=O) groups excluding carboxylic acids is 2. The zero-order chi connectivity index (χ0) is 29.8. The maximum absolute atomic E-state index is 14.0. The van der Waals surface area contributed by atoms with E-state index in [1.54, 1.807) is 57.2 Å². The molecule has 41 heavy (non-hydrogen) atoms. The number of benzene rings is 4. The van der Waals surface area contributed by atoms with Crippen molar-refractivity contribution in [2.24, 2.45) is 0 Å². The molecular formula is C31H30Cl2N2O5S. The molecule has 0 aliphatic heterocycles. The molecule has 4 aromatic rings. The number of halogens is 2. The Kier molecular flexibility index (Phi) is 9.27. The normalized spacial score (nSPS) is 11.7. The third kappa shape index (κ3) is 7.58. The first kappa shape index (κ1) is 30.4. The number of sulfonamides is 1. The highest BCUT2D eigenvalue weighted by atomic mass is 35.5. The van der Waals surface area contributed by atoms with E-state index in [0.717, 1.165) is 9.87 Å². The average molecular weight is 614 g/mol. The topological polar surface area (TPSA) is 92.8 Å². The number of nitrogens with one attached hydrogen (secondary N) is 1. The van der Waals surface area contributed by atoms with Crippen LogP contribution >= 0.6 is 23.2 Å². The molecule has 10 heteroatoms. The Morgan fingerprint density at radius 1 is 0.854 bits per heavy atom. The molecule has 0 heterocycles. The van der Waals surface area contributed by atoms with Crippen molar-refractivity contribution < 1.29 is 22.7 Å². The first-order valence-electron chi connectivity index (χ1n) is 12.9. The predicted octanol–water partition coefficient (Wildman–Crippen LogP) is 6.66. The molecule has 0 fully saturated rings. The van der Waals surface area contributed by atoms with E-state index in [1.807, 2.05) is 30.3 Å². The molecule has 0 unspecified atom stereocenters. The molecule has 0 radical (unpaired) electrons. The van der Waals surface area contributed by atoms with Gasteiger partial charge in [-0.2, -0.15) is 0 Å². The van der Waals surface area contributed by atoms with Gasteiger partial charge in [-0.3, -0.25) is 13.9 Å². The number of esters is 1. The van der Waals surface area contributed by atoms with Gasteiger partial charge >= 0.3 is 5.97 Å². The van der Waals surface area contributed by atoms with Crippen LogP contribution in [0, 0.1) is 0 Å². The van der Waals surface area contributed by atoms with Gasteiger partial charge in [-0.25, -0.2) is 8.42 Å². The van der Waals surface area contributed by atoms with Crippen LogP contribution < -0.4 is 9.62 Å². The van der Waals surface area contributed by atoms with Gasteiger partial charge in [0, 0.05) is 27.5 Å². The summed E-state index contributed by atoms with van der Waals surface area (Å²) >= 11 is 12.3. The fourth-order valence-corrected chi connectivity index (χ4v) is 6.52. The third-order valence-corrected chi connectivity index (χ3v) is 8.25. The molecule has 0 aliphatic carbocycles. The van der Waals surface area contributed by atoms with Gasteiger partial charge in [0.05, 0.1) is 10.6 Å². The number of nitrogens with zero attached hydrogens (tertiary/aromatic N) is 1. The second-order valence-corrected chi connectivity index (χ2v) is 13.1. The average Bonchev–Trinajstić information content (AvgIpc) is 2.90. The summed E-state index contributed by atoms with van der Waals surface area (Å²) in [7, 11) is -4.36. The molecule has 0 aliphatic rings. The number of anilines is 1. The van der Waals surface area contributed by atoms with Crippen LogP contribution in [0.2, 0.25) is 10.0 Å².